The summed E-state index contributed by atoms with van der Waals surface area (Å²) in [4.78, 5) is 26.1. The largest absolute Gasteiger partial charge is 0.493 e. The number of rotatable bonds is 7. The van der Waals surface area contributed by atoms with Crippen LogP contribution in [0.1, 0.15) is 5.56 Å². The van der Waals surface area contributed by atoms with Gasteiger partial charge in [0.05, 0.1) is 38.0 Å². The van der Waals surface area contributed by atoms with E-state index in [1.165, 1.54) is 0 Å². The van der Waals surface area contributed by atoms with E-state index < -0.39 is 0 Å². The van der Waals surface area contributed by atoms with Crippen LogP contribution in [0.3, 0.4) is 0 Å². The van der Waals surface area contributed by atoms with Crippen LogP contribution in [-0.4, -0.2) is 34.5 Å². The maximum Gasteiger partial charge on any atom is 0.245 e. The molecular formula is C27H24N4O4. The predicted molar refractivity (Wildman–Crippen MR) is 135 cm³/mol. The van der Waals surface area contributed by atoms with E-state index in [1.54, 1.807) is 43.3 Å². The maximum atomic E-state index is 13.2. The minimum absolute atomic E-state index is 0.0367. The Morgan fingerprint density at radius 1 is 0.886 bits per heavy atom. The summed E-state index contributed by atoms with van der Waals surface area (Å²) >= 11 is 0. The van der Waals surface area contributed by atoms with Crippen molar-refractivity contribution in [3.63, 3.8) is 0 Å². The summed E-state index contributed by atoms with van der Waals surface area (Å²) in [6.45, 7) is 0.418. The van der Waals surface area contributed by atoms with Crippen molar-refractivity contribution >= 4 is 33.5 Å². The second-order valence-corrected chi connectivity index (χ2v) is 8.02. The van der Waals surface area contributed by atoms with E-state index in [9.17, 15) is 9.59 Å². The number of hydrogen-bond acceptors (Lipinski definition) is 5. The molecule has 8 nitrogen and oxygen atoms in total. The van der Waals surface area contributed by atoms with Crippen molar-refractivity contribution in [1.82, 2.24) is 14.3 Å². The molecule has 0 aliphatic rings. The minimum Gasteiger partial charge on any atom is -0.493 e. The third-order valence-electron chi connectivity index (χ3n) is 5.97. The van der Waals surface area contributed by atoms with Crippen LogP contribution in [0.4, 0.5) is 5.82 Å². The Hall–Kier alpha value is -4.59. The Morgan fingerprint density at radius 3 is 2.23 bits per heavy atom. The molecule has 0 saturated carbocycles. The molecule has 8 heteroatoms. The monoisotopic (exact) mass is 468 g/mol. The fraction of sp³-hybridized carbons (Fsp3) is 0.148. The molecule has 2 heterocycles. The Balaban J connectivity index is 1.45. The smallest absolute Gasteiger partial charge is 0.245 e. The molecule has 5 rings (SSSR count). The Labute approximate surface area is 201 Å². The number of nitrogens with one attached hydrogen (secondary N) is 1. The molecule has 176 valence electrons. The van der Waals surface area contributed by atoms with Crippen LogP contribution in [0, 0.1) is 0 Å². The van der Waals surface area contributed by atoms with Crippen molar-refractivity contribution in [3.8, 4) is 11.5 Å². The molecule has 0 spiro atoms. The zero-order valence-corrected chi connectivity index (χ0v) is 19.4. The van der Waals surface area contributed by atoms with E-state index in [4.69, 9.17) is 9.47 Å². The SMILES string of the molecule is COc1cccc(Cn2nccc2NC(=O)Cn2c3ccccc3c(=O)c3ccccc32)c1OC. The van der Waals surface area contributed by atoms with Crippen LogP contribution in [0.5, 0.6) is 11.5 Å². The summed E-state index contributed by atoms with van der Waals surface area (Å²) in [5.74, 6) is 1.56. The normalized spacial score (nSPS) is 11.0. The summed E-state index contributed by atoms with van der Waals surface area (Å²) in [6, 6.07) is 22.0. The summed E-state index contributed by atoms with van der Waals surface area (Å²) in [6.07, 6.45) is 1.63. The van der Waals surface area contributed by atoms with Gasteiger partial charge in [-0.1, -0.05) is 36.4 Å². The van der Waals surface area contributed by atoms with E-state index in [0.29, 0.717) is 45.7 Å². The lowest BCUT2D eigenvalue weighted by atomic mass is 10.1. The summed E-state index contributed by atoms with van der Waals surface area (Å²) < 4.78 is 14.5. The first-order valence-electron chi connectivity index (χ1n) is 11.1. The van der Waals surface area contributed by atoms with Crippen molar-refractivity contribution in [2.75, 3.05) is 19.5 Å². The molecule has 0 radical (unpaired) electrons. The number of ether oxygens (including phenoxy) is 2. The first-order chi connectivity index (χ1) is 17.1. The van der Waals surface area contributed by atoms with Gasteiger partial charge < -0.3 is 19.4 Å². The molecule has 5 aromatic rings. The molecule has 1 N–H and O–H groups in total. The van der Waals surface area contributed by atoms with Gasteiger partial charge in [0.2, 0.25) is 5.91 Å². The molecule has 0 unspecified atom stereocenters. The number of anilines is 1. The van der Waals surface area contributed by atoms with E-state index >= 15 is 0 Å². The predicted octanol–water partition coefficient (Wildman–Crippen LogP) is 4.06. The molecule has 35 heavy (non-hydrogen) atoms. The lowest BCUT2D eigenvalue weighted by Crippen LogP contribution is -2.23. The average molecular weight is 469 g/mol. The van der Waals surface area contributed by atoms with E-state index in [0.717, 1.165) is 5.56 Å². The standard InChI is InChI=1S/C27H24N4O4/c1-34-23-13-7-8-18(27(23)35-2)16-31-24(14-15-28-31)29-25(32)17-30-21-11-5-3-9-19(21)26(33)20-10-4-6-12-22(20)30/h3-15H,16-17H2,1-2H3,(H,29,32). The fourth-order valence-electron chi connectivity index (χ4n) is 4.38. The van der Waals surface area contributed by atoms with Gasteiger partial charge in [-0.2, -0.15) is 5.10 Å². The lowest BCUT2D eigenvalue weighted by Gasteiger charge is -2.16. The molecular weight excluding hydrogens is 444 g/mol. The maximum absolute atomic E-state index is 13.2. The number of carbonyl (C=O) groups excluding carboxylic acids is 1. The summed E-state index contributed by atoms with van der Waals surface area (Å²) in [5, 5.41) is 8.49. The third-order valence-corrected chi connectivity index (χ3v) is 5.97. The summed E-state index contributed by atoms with van der Waals surface area (Å²) in [7, 11) is 3.18. The molecule has 0 bridgehead atoms. The van der Waals surface area contributed by atoms with Crippen molar-refractivity contribution in [2.24, 2.45) is 0 Å². The number of aromatic nitrogens is 3. The van der Waals surface area contributed by atoms with Gasteiger partial charge in [0.1, 0.15) is 12.4 Å². The van der Waals surface area contributed by atoms with Crippen LogP contribution in [0.25, 0.3) is 21.8 Å². The van der Waals surface area contributed by atoms with Crippen LogP contribution in [0.2, 0.25) is 0 Å². The number of amides is 1. The Morgan fingerprint density at radius 2 is 1.57 bits per heavy atom. The second-order valence-electron chi connectivity index (χ2n) is 8.02. The van der Waals surface area contributed by atoms with Crippen molar-refractivity contribution < 1.29 is 14.3 Å². The zero-order valence-electron chi connectivity index (χ0n) is 19.4. The van der Waals surface area contributed by atoms with Gasteiger partial charge in [0.15, 0.2) is 16.9 Å². The highest BCUT2D eigenvalue weighted by molar-refractivity contribution is 5.97. The first-order valence-corrected chi connectivity index (χ1v) is 11.1. The Kier molecular flexibility index (Phi) is 5.93. The Bertz CT molecular complexity index is 1540. The van der Waals surface area contributed by atoms with Crippen LogP contribution in [0.15, 0.2) is 83.8 Å². The van der Waals surface area contributed by atoms with Gasteiger partial charge in [0.25, 0.3) is 0 Å². The van der Waals surface area contributed by atoms with Crippen molar-refractivity contribution in [2.45, 2.75) is 13.1 Å². The minimum atomic E-state index is -0.233. The number of para-hydroxylation sites is 3. The lowest BCUT2D eigenvalue weighted by molar-refractivity contribution is -0.116. The van der Waals surface area contributed by atoms with E-state index in [-0.39, 0.29) is 17.9 Å². The molecule has 1 amide bonds. The highest BCUT2D eigenvalue weighted by atomic mass is 16.5. The van der Waals surface area contributed by atoms with Gasteiger partial charge in [-0.15, -0.1) is 0 Å². The highest BCUT2D eigenvalue weighted by Crippen LogP contribution is 2.31. The topological polar surface area (TPSA) is 87.4 Å². The highest BCUT2D eigenvalue weighted by Gasteiger charge is 2.16. The first kappa shape index (κ1) is 22.2. The van der Waals surface area contributed by atoms with Gasteiger partial charge in [0, 0.05) is 22.4 Å². The number of pyridine rings is 1. The number of benzene rings is 3. The number of hydrogen-bond donors (Lipinski definition) is 1. The third kappa shape index (κ3) is 4.10. The van der Waals surface area contributed by atoms with Crippen LogP contribution < -0.4 is 20.2 Å². The average Bonchev–Trinajstić information content (AvgIpc) is 3.32. The van der Waals surface area contributed by atoms with Crippen LogP contribution in [-0.2, 0) is 17.9 Å². The molecule has 2 aromatic heterocycles. The molecule has 0 fully saturated rings. The number of carbonyl (C=O) groups is 1. The van der Waals surface area contributed by atoms with Gasteiger partial charge >= 0.3 is 0 Å². The fourth-order valence-corrected chi connectivity index (χ4v) is 4.38. The van der Waals surface area contributed by atoms with Crippen LogP contribution >= 0.6 is 0 Å². The van der Waals surface area contributed by atoms with E-state index in [1.807, 2.05) is 59.2 Å². The molecule has 0 aliphatic carbocycles. The molecule has 0 atom stereocenters. The number of fused-ring (bicyclic) bond motifs is 2. The van der Waals surface area contributed by atoms with Gasteiger partial charge in [-0.25, -0.2) is 4.68 Å². The quantitative estimate of drug-likeness (QED) is 0.364. The number of methoxy groups -OCH3 is 2. The van der Waals surface area contributed by atoms with Crippen molar-refractivity contribution in [3.05, 3.63) is 94.8 Å². The molecule has 3 aromatic carbocycles. The van der Waals surface area contributed by atoms with Gasteiger partial charge in [-0.05, 0) is 30.3 Å². The molecule has 0 aliphatic heterocycles. The molecule has 0 saturated heterocycles. The van der Waals surface area contributed by atoms with Crippen molar-refractivity contribution in [1.29, 1.82) is 0 Å². The zero-order chi connectivity index (χ0) is 24.4. The number of nitrogens with zero attached hydrogens (tertiary/aromatic N) is 3. The van der Waals surface area contributed by atoms with Gasteiger partial charge in [-0.3, -0.25) is 9.59 Å². The summed E-state index contributed by atoms with van der Waals surface area (Å²) in [5.41, 5.74) is 2.24. The second kappa shape index (κ2) is 9.34. The van der Waals surface area contributed by atoms with E-state index in [2.05, 4.69) is 10.4 Å².